The van der Waals surface area contributed by atoms with E-state index in [-0.39, 0.29) is 23.1 Å². The summed E-state index contributed by atoms with van der Waals surface area (Å²) in [6.45, 7) is 2.07. The average Bonchev–Trinajstić information content (AvgIpc) is 2.78. The molecule has 2 unspecified atom stereocenters. The van der Waals surface area contributed by atoms with Crippen molar-refractivity contribution in [3.63, 3.8) is 0 Å². The molecule has 1 heterocycles. The van der Waals surface area contributed by atoms with Gasteiger partial charge < -0.3 is 15.4 Å². The van der Waals surface area contributed by atoms with Crippen LogP contribution in [0.15, 0.2) is 47.4 Å². The van der Waals surface area contributed by atoms with Crippen LogP contribution >= 0.6 is 23.4 Å². The number of halogens is 1. The third-order valence-corrected chi connectivity index (χ3v) is 8.43. The molecule has 32 heavy (non-hydrogen) atoms. The van der Waals surface area contributed by atoms with Crippen molar-refractivity contribution in [3.8, 4) is 5.75 Å². The lowest BCUT2D eigenvalue weighted by molar-refractivity contribution is -0.122. The quantitative estimate of drug-likeness (QED) is 0.510. The van der Waals surface area contributed by atoms with Gasteiger partial charge in [0.1, 0.15) is 11.2 Å². The number of ether oxygens (including phenoxy) is 1. The molecule has 1 aliphatic rings. The first kappa shape index (κ1) is 24.4. The molecule has 1 fully saturated rings. The summed E-state index contributed by atoms with van der Waals surface area (Å²) in [5.41, 5.74) is 1.11. The third-order valence-electron chi connectivity index (χ3n) is 4.93. The Balaban J connectivity index is 1.49. The average molecular weight is 498 g/mol. The fourth-order valence-electron chi connectivity index (χ4n) is 3.00. The van der Waals surface area contributed by atoms with Crippen molar-refractivity contribution in [1.29, 1.82) is 0 Å². The molecule has 1 aliphatic heterocycles. The Morgan fingerprint density at radius 3 is 2.59 bits per heavy atom. The van der Waals surface area contributed by atoms with Gasteiger partial charge >= 0.3 is 0 Å². The second kappa shape index (κ2) is 10.6. The largest absolute Gasteiger partial charge is 0.497 e. The van der Waals surface area contributed by atoms with Crippen LogP contribution in [0, 0.1) is 6.92 Å². The molecule has 172 valence electrons. The maximum Gasteiger partial charge on any atom is 0.241 e. The molecule has 11 heteroatoms. The highest BCUT2D eigenvalue weighted by Gasteiger charge is 2.38. The van der Waals surface area contributed by atoms with E-state index < -0.39 is 26.5 Å². The highest BCUT2D eigenvalue weighted by molar-refractivity contribution is 8.00. The Morgan fingerprint density at radius 2 is 1.97 bits per heavy atom. The maximum absolute atomic E-state index is 12.9. The van der Waals surface area contributed by atoms with E-state index in [0.29, 0.717) is 11.6 Å². The number of hydrogen-bond acceptors (Lipinski definition) is 7. The maximum atomic E-state index is 12.9. The van der Waals surface area contributed by atoms with Gasteiger partial charge in [-0.25, -0.2) is 8.42 Å². The van der Waals surface area contributed by atoms with Crippen molar-refractivity contribution in [1.82, 2.24) is 16.0 Å². The van der Waals surface area contributed by atoms with Crippen LogP contribution in [0.3, 0.4) is 0 Å². The monoisotopic (exact) mass is 497 g/mol. The number of carbonyl (C=O) groups excluding carboxylic acids is 2. The van der Waals surface area contributed by atoms with Crippen LogP contribution in [0.25, 0.3) is 0 Å². The molecule has 0 spiro atoms. The first-order chi connectivity index (χ1) is 15.2. The molecule has 1 saturated heterocycles. The van der Waals surface area contributed by atoms with Crippen LogP contribution in [-0.4, -0.2) is 50.4 Å². The third kappa shape index (κ3) is 5.94. The minimum absolute atomic E-state index is 0.000868. The summed E-state index contributed by atoms with van der Waals surface area (Å²) in [5, 5.41) is 7.43. The number of methoxy groups -OCH3 is 1. The Hall–Kier alpha value is -2.27. The summed E-state index contributed by atoms with van der Waals surface area (Å²) < 4.78 is 30.8. The van der Waals surface area contributed by atoms with Crippen molar-refractivity contribution in [2.24, 2.45) is 0 Å². The van der Waals surface area contributed by atoms with Gasteiger partial charge in [0.2, 0.25) is 11.8 Å². The van der Waals surface area contributed by atoms with E-state index in [1.165, 1.54) is 23.9 Å². The number of thioether (sulfide) groups is 1. The molecule has 2 amide bonds. The van der Waals surface area contributed by atoms with Crippen LogP contribution in [0.5, 0.6) is 5.75 Å². The Bertz CT molecular complexity index is 1090. The molecule has 2 aromatic carbocycles. The molecular weight excluding hydrogens is 474 g/mol. The molecule has 3 N–H and O–H groups in total. The number of sulfone groups is 1. The van der Waals surface area contributed by atoms with E-state index in [4.69, 9.17) is 16.3 Å². The highest BCUT2D eigenvalue weighted by atomic mass is 35.5. The van der Waals surface area contributed by atoms with Crippen molar-refractivity contribution < 1.29 is 22.7 Å². The Labute approximate surface area is 196 Å². The number of benzene rings is 2. The van der Waals surface area contributed by atoms with E-state index in [0.717, 1.165) is 16.9 Å². The van der Waals surface area contributed by atoms with Crippen LogP contribution in [-0.2, 0) is 26.0 Å². The number of aryl methyl sites for hydroxylation is 1. The predicted octanol–water partition coefficient (Wildman–Crippen LogP) is 1.85. The predicted molar refractivity (Wildman–Crippen MR) is 124 cm³/mol. The standard InChI is InChI=1S/C21H24ClN3O5S2/c1-13-3-8-16(9-17(13)22)32(28,29)18-11-24-21(25-20(18)27)31-12-19(26)23-10-14-4-6-15(30-2)7-5-14/h3-9,18,21,24H,10-12H2,1-2H3,(H,23,26)(H,25,27). The zero-order valence-electron chi connectivity index (χ0n) is 17.6. The number of amides is 2. The van der Waals surface area contributed by atoms with Crippen molar-refractivity contribution in [3.05, 3.63) is 58.6 Å². The van der Waals surface area contributed by atoms with Crippen LogP contribution in [0.4, 0.5) is 0 Å². The smallest absolute Gasteiger partial charge is 0.241 e. The van der Waals surface area contributed by atoms with E-state index in [1.807, 2.05) is 24.3 Å². The Morgan fingerprint density at radius 1 is 1.25 bits per heavy atom. The molecule has 3 rings (SSSR count). The van der Waals surface area contributed by atoms with Gasteiger partial charge in [0.05, 0.1) is 17.8 Å². The fourth-order valence-corrected chi connectivity index (χ4v) is 5.61. The summed E-state index contributed by atoms with van der Waals surface area (Å²) in [7, 11) is -2.32. The SMILES string of the molecule is COc1ccc(CNC(=O)CSC2NCC(S(=O)(=O)c3ccc(C)c(Cl)c3)C(=O)N2)cc1. The molecular formula is C21H24ClN3O5S2. The molecule has 2 aromatic rings. The molecule has 0 aromatic heterocycles. The normalized spacial score (nSPS) is 18.7. The van der Waals surface area contributed by atoms with Crippen molar-refractivity contribution in [2.75, 3.05) is 19.4 Å². The topological polar surface area (TPSA) is 114 Å². The second-order valence-corrected chi connectivity index (χ2v) is 10.8. The van der Waals surface area contributed by atoms with Gasteiger partial charge in [-0.2, -0.15) is 0 Å². The lowest BCUT2D eigenvalue weighted by Crippen LogP contribution is -2.59. The first-order valence-electron chi connectivity index (χ1n) is 9.76. The van der Waals surface area contributed by atoms with Gasteiger partial charge in [-0.15, -0.1) is 11.8 Å². The molecule has 0 aliphatic carbocycles. The summed E-state index contributed by atoms with van der Waals surface area (Å²) >= 11 is 7.21. The van der Waals surface area contributed by atoms with Crippen molar-refractivity contribution >= 4 is 45.0 Å². The van der Waals surface area contributed by atoms with Crippen LogP contribution in [0.2, 0.25) is 5.02 Å². The highest BCUT2D eigenvalue weighted by Crippen LogP contribution is 2.24. The van der Waals surface area contributed by atoms with Crippen LogP contribution < -0.4 is 20.7 Å². The number of hydrogen-bond donors (Lipinski definition) is 3. The minimum atomic E-state index is -3.91. The lowest BCUT2D eigenvalue weighted by Gasteiger charge is -2.29. The fraction of sp³-hybridized carbons (Fsp3) is 0.333. The zero-order chi connectivity index (χ0) is 23.3. The summed E-state index contributed by atoms with van der Waals surface area (Å²) in [4.78, 5) is 24.6. The summed E-state index contributed by atoms with van der Waals surface area (Å²) in [5.74, 6) is 0.0158. The van der Waals surface area contributed by atoms with Gasteiger partial charge in [-0.3, -0.25) is 14.9 Å². The Kier molecular flexibility index (Phi) is 8.05. The van der Waals surface area contributed by atoms with Crippen molar-refractivity contribution in [2.45, 2.75) is 29.1 Å². The molecule has 8 nitrogen and oxygen atoms in total. The van der Waals surface area contributed by atoms with Gasteiger partial charge in [-0.05, 0) is 42.3 Å². The second-order valence-electron chi connectivity index (χ2n) is 7.18. The van der Waals surface area contributed by atoms with Gasteiger partial charge in [0, 0.05) is 18.1 Å². The number of nitrogens with one attached hydrogen (secondary N) is 3. The lowest BCUT2D eigenvalue weighted by atomic mass is 10.2. The van der Waals surface area contributed by atoms with E-state index in [9.17, 15) is 18.0 Å². The minimum Gasteiger partial charge on any atom is -0.497 e. The number of rotatable bonds is 8. The van der Waals surface area contributed by atoms with Crippen LogP contribution in [0.1, 0.15) is 11.1 Å². The number of carbonyl (C=O) groups is 2. The van der Waals surface area contributed by atoms with E-state index in [1.54, 1.807) is 20.1 Å². The zero-order valence-corrected chi connectivity index (χ0v) is 19.9. The first-order valence-corrected chi connectivity index (χ1v) is 12.7. The molecule has 2 atom stereocenters. The van der Waals surface area contributed by atoms with E-state index >= 15 is 0 Å². The molecule has 0 bridgehead atoms. The van der Waals surface area contributed by atoms with Gasteiger partial charge in [0.25, 0.3) is 0 Å². The molecule has 0 radical (unpaired) electrons. The molecule has 0 saturated carbocycles. The summed E-state index contributed by atoms with van der Waals surface area (Å²) in [6.07, 6.45) is 0. The summed E-state index contributed by atoms with van der Waals surface area (Å²) in [6, 6.07) is 11.7. The van der Waals surface area contributed by atoms with Gasteiger partial charge in [-0.1, -0.05) is 29.8 Å². The van der Waals surface area contributed by atoms with Gasteiger partial charge in [0.15, 0.2) is 15.1 Å². The van der Waals surface area contributed by atoms with E-state index in [2.05, 4.69) is 16.0 Å².